The Morgan fingerprint density at radius 2 is 2.05 bits per heavy atom. The molecule has 21 heavy (non-hydrogen) atoms. The van der Waals surface area contributed by atoms with Gasteiger partial charge in [-0.3, -0.25) is 14.7 Å². The number of nitrogens with two attached hydrogens (primary N) is 1. The lowest BCUT2D eigenvalue weighted by Crippen LogP contribution is -2.19. The van der Waals surface area contributed by atoms with Gasteiger partial charge >= 0.3 is 0 Å². The highest BCUT2D eigenvalue weighted by Gasteiger charge is 2.11. The highest BCUT2D eigenvalue weighted by molar-refractivity contribution is 5.78. The smallest absolute Gasteiger partial charge is 0.264 e. The van der Waals surface area contributed by atoms with Crippen LogP contribution < -0.4 is 16.0 Å². The van der Waals surface area contributed by atoms with Crippen molar-refractivity contribution in [3.05, 3.63) is 51.9 Å². The number of nitrogens with one attached hydrogen (secondary N) is 1. The molecule has 1 heterocycles. The number of hydrogen-bond donors (Lipinski definition) is 2. The third-order valence-electron chi connectivity index (χ3n) is 3.13. The Morgan fingerprint density at radius 3 is 2.67 bits per heavy atom. The molecule has 6 heteroatoms. The average molecular weight is 289 g/mol. The van der Waals surface area contributed by atoms with Gasteiger partial charge in [-0.2, -0.15) is 0 Å². The van der Waals surface area contributed by atoms with E-state index in [4.69, 9.17) is 10.5 Å². The third-order valence-corrected chi connectivity index (χ3v) is 3.13. The molecule has 2 rings (SSSR count). The fraction of sp³-hybridized carbons (Fsp3) is 0.333. The van der Waals surface area contributed by atoms with Gasteiger partial charge in [0.1, 0.15) is 5.75 Å². The molecule has 0 radical (unpaired) electrons. The van der Waals surface area contributed by atoms with Gasteiger partial charge in [0, 0.05) is 19.0 Å². The molecule has 112 valence electrons. The molecule has 0 bridgehead atoms. The average Bonchev–Trinajstić information content (AvgIpc) is 2.88. The van der Waals surface area contributed by atoms with E-state index in [1.165, 1.54) is 10.7 Å². The van der Waals surface area contributed by atoms with Crippen molar-refractivity contribution in [1.29, 1.82) is 0 Å². The van der Waals surface area contributed by atoms with Gasteiger partial charge < -0.3 is 10.5 Å². The first-order valence-electron chi connectivity index (χ1n) is 6.90. The van der Waals surface area contributed by atoms with Crippen LogP contribution in [-0.4, -0.2) is 22.3 Å². The normalized spacial score (nSPS) is 10.6. The molecule has 1 aromatic carbocycles. The lowest BCUT2D eigenvalue weighted by molar-refractivity contribution is 0.0883. The zero-order valence-corrected chi connectivity index (χ0v) is 12.0. The summed E-state index contributed by atoms with van der Waals surface area (Å²) in [6.45, 7) is 2.70. The number of hydrogen-bond acceptors (Lipinski definition) is 4. The molecule has 0 aliphatic rings. The standard InChI is InChI=1S/C15H19N3O3/c1-2-21-13-6-3-11(4-7-13)5-8-15(20)18-12(10-16)9-14(19)17-18/h3-4,6-7,9H,2,5,8,10,16H2,1H3,(H,17,19). The molecule has 0 unspecified atom stereocenters. The van der Waals surface area contributed by atoms with Gasteiger partial charge in [0.25, 0.3) is 5.56 Å². The van der Waals surface area contributed by atoms with Crippen molar-refractivity contribution in [2.45, 2.75) is 26.3 Å². The Hall–Kier alpha value is -2.34. The first-order valence-corrected chi connectivity index (χ1v) is 6.90. The second-order valence-electron chi connectivity index (χ2n) is 4.62. The van der Waals surface area contributed by atoms with Gasteiger partial charge in [-0.1, -0.05) is 12.1 Å². The van der Waals surface area contributed by atoms with Gasteiger partial charge in [0.15, 0.2) is 0 Å². The predicted molar refractivity (Wildman–Crippen MR) is 79.5 cm³/mol. The molecule has 0 atom stereocenters. The van der Waals surface area contributed by atoms with Crippen LogP contribution >= 0.6 is 0 Å². The summed E-state index contributed by atoms with van der Waals surface area (Å²) in [5.74, 6) is 0.638. The Labute approximate surface area is 122 Å². The fourth-order valence-electron chi connectivity index (χ4n) is 2.08. The summed E-state index contributed by atoms with van der Waals surface area (Å²) in [7, 11) is 0. The van der Waals surface area contributed by atoms with Crippen molar-refractivity contribution < 1.29 is 9.53 Å². The van der Waals surface area contributed by atoms with Crippen LogP contribution in [0, 0.1) is 0 Å². The zero-order chi connectivity index (χ0) is 15.2. The molecule has 0 spiro atoms. The minimum absolute atomic E-state index is 0.146. The molecule has 0 saturated heterocycles. The lowest BCUT2D eigenvalue weighted by atomic mass is 10.1. The number of aromatic amines is 1. The maximum atomic E-state index is 12.1. The zero-order valence-electron chi connectivity index (χ0n) is 12.0. The molecule has 2 aromatic rings. The van der Waals surface area contributed by atoms with Crippen LogP contribution in [0.4, 0.5) is 0 Å². The van der Waals surface area contributed by atoms with E-state index in [-0.39, 0.29) is 18.0 Å². The van der Waals surface area contributed by atoms with Crippen LogP contribution in [-0.2, 0) is 13.0 Å². The molecule has 0 aliphatic heterocycles. The van der Waals surface area contributed by atoms with Crippen molar-refractivity contribution in [2.75, 3.05) is 6.61 Å². The van der Waals surface area contributed by atoms with E-state index in [0.29, 0.717) is 25.1 Å². The van der Waals surface area contributed by atoms with E-state index >= 15 is 0 Å². The van der Waals surface area contributed by atoms with Gasteiger partial charge in [-0.25, -0.2) is 4.68 Å². The number of carbonyl (C=O) groups excluding carboxylic acids is 1. The maximum absolute atomic E-state index is 12.1. The largest absolute Gasteiger partial charge is 0.494 e. The van der Waals surface area contributed by atoms with Gasteiger partial charge in [0.2, 0.25) is 5.91 Å². The summed E-state index contributed by atoms with van der Waals surface area (Å²) >= 11 is 0. The minimum atomic E-state index is -0.315. The van der Waals surface area contributed by atoms with E-state index < -0.39 is 0 Å². The summed E-state index contributed by atoms with van der Waals surface area (Å²) in [6.07, 6.45) is 0.890. The Balaban J connectivity index is 1.98. The fourth-order valence-corrected chi connectivity index (χ4v) is 2.08. The minimum Gasteiger partial charge on any atom is -0.494 e. The van der Waals surface area contributed by atoms with Crippen LogP contribution in [0.5, 0.6) is 5.75 Å². The second kappa shape index (κ2) is 6.90. The topological polar surface area (TPSA) is 90.1 Å². The molecular weight excluding hydrogens is 270 g/mol. The quantitative estimate of drug-likeness (QED) is 0.839. The van der Waals surface area contributed by atoms with E-state index in [9.17, 15) is 9.59 Å². The molecular formula is C15H19N3O3. The number of aryl methyl sites for hydroxylation is 1. The second-order valence-corrected chi connectivity index (χ2v) is 4.62. The van der Waals surface area contributed by atoms with Crippen molar-refractivity contribution >= 4 is 5.91 Å². The number of rotatable bonds is 6. The maximum Gasteiger partial charge on any atom is 0.264 e. The Bertz CT molecular complexity index is 656. The Morgan fingerprint density at radius 1 is 1.33 bits per heavy atom. The summed E-state index contributed by atoms with van der Waals surface area (Å²) in [4.78, 5) is 23.3. The number of carbonyl (C=O) groups is 1. The Kier molecular flexibility index (Phi) is 4.94. The number of benzene rings is 1. The van der Waals surface area contributed by atoms with E-state index in [0.717, 1.165) is 11.3 Å². The van der Waals surface area contributed by atoms with Crippen molar-refractivity contribution in [1.82, 2.24) is 9.78 Å². The summed E-state index contributed by atoms with van der Waals surface area (Å²) in [5, 5.41) is 2.47. The monoisotopic (exact) mass is 289 g/mol. The number of ether oxygens (including phenoxy) is 1. The number of aromatic nitrogens is 2. The highest BCUT2D eigenvalue weighted by atomic mass is 16.5. The van der Waals surface area contributed by atoms with Crippen LogP contribution in [0.1, 0.15) is 29.4 Å². The number of nitrogens with zero attached hydrogens (tertiary/aromatic N) is 1. The first-order chi connectivity index (χ1) is 10.1. The summed E-state index contributed by atoms with van der Waals surface area (Å²) in [5.41, 5.74) is 6.73. The molecule has 0 amide bonds. The van der Waals surface area contributed by atoms with Crippen LogP contribution in [0.15, 0.2) is 35.1 Å². The van der Waals surface area contributed by atoms with E-state index in [2.05, 4.69) is 5.10 Å². The van der Waals surface area contributed by atoms with E-state index in [1.807, 2.05) is 31.2 Å². The van der Waals surface area contributed by atoms with Crippen molar-refractivity contribution in [3.8, 4) is 5.75 Å². The SMILES string of the molecule is CCOc1ccc(CCC(=O)n2[nH]c(=O)cc2CN)cc1. The van der Waals surface area contributed by atoms with Crippen LogP contribution in [0.3, 0.4) is 0 Å². The van der Waals surface area contributed by atoms with Gasteiger partial charge in [0.05, 0.1) is 12.3 Å². The van der Waals surface area contributed by atoms with Gasteiger partial charge in [-0.05, 0) is 31.0 Å². The van der Waals surface area contributed by atoms with Crippen molar-refractivity contribution in [2.24, 2.45) is 5.73 Å². The van der Waals surface area contributed by atoms with E-state index in [1.54, 1.807) is 0 Å². The number of H-pyrrole nitrogens is 1. The van der Waals surface area contributed by atoms with Crippen molar-refractivity contribution in [3.63, 3.8) is 0 Å². The molecule has 0 saturated carbocycles. The van der Waals surface area contributed by atoms with Gasteiger partial charge in [-0.15, -0.1) is 0 Å². The molecule has 6 nitrogen and oxygen atoms in total. The van der Waals surface area contributed by atoms with Crippen LogP contribution in [0.25, 0.3) is 0 Å². The summed E-state index contributed by atoms with van der Waals surface area (Å²) in [6, 6.07) is 8.97. The molecule has 0 aliphatic carbocycles. The molecule has 0 fully saturated rings. The first kappa shape index (κ1) is 15.1. The molecule has 1 aromatic heterocycles. The summed E-state index contributed by atoms with van der Waals surface area (Å²) < 4.78 is 6.60. The third kappa shape index (κ3) is 3.82. The van der Waals surface area contributed by atoms with Crippen LogP contribution in [0.2, 0.25) is 0 Å². The molecule has 3 N–H and O–H groups in total. The lowest BCUT2D eigenvalue weighted by Gasteiger charge is -2.07. The highest BCUT2D eigenvalue weighted by Crippen LogP contribution is 2.13. The predicted octanol–water partition coefficient (Wildman–Crippen LogP) is 1.31.